The van der Waals surface area contributed by atoms with Crippen LogP contribution in [-0.4, -0.2) is 47.0 Å². The lowest BCUT2D eigenvalue weighted by atomic mass is 10.3. The molecule has 1 saturated heterocycles. The van der Waals surface area contributed by atoms with Crippen molar-refractivity contribution in [2.45, 2.75) is 6.42 Å². The summed E-state index contributed by atoms with van der Waals surface area (Å²) in [7, 11) is 0. The van der Waals surface area contributed by atoms with Gasteiger partial charge in [0.1, 0.15) is 18.0 Å². The molecule has 0 aliphatic carbocycles. The van der Waals surface area contributed by atoms with Gasteiger partial charge in [-0.3, -0.25) is 4.79 Å². The van der Waals surface area contributed by atoms with E-state index in [9.17, 15) is 4.79 Å². The number of hydrogen-bond acceptors (Lipinski definition) is 6. The second-order valence-electron chi connectivity index (χ2n) is 5.59. The van der Waals surface area contributed by atoms with Crippen LogP contribution in [0.15, 0.2) is 41.1 Å². The van der Waals surface area contributed by atoms with E-state index in [0.717, 1.165) is 46.4 Å². The second kappa shape index (κ2) is 9.05. The first-order valence-corrected chi connectivity index (χ1v) is 10.1. The smallest absolute Gasteiger partial charge is 0.226 e. The summed E-state index contributed by atoms with van der Waals surface area (Å²) in [6, 6.07) is 9.47. The van der Waals surface area contributed by atoms with E-state index in [2.05, 4.69) is 41.4 Å². The molecule has 6 nitrogen and oxygen atoms in total. The van der Waals surface area contributed by atoms with Crippen LogP contribution in [0, 0.1) is 0 Å². The molecule has 25 heavy (non-hydrogen) atoms. The Kier molecular flexibility index (Phi) is 6.52. The van der Waals surface area contributed by atoms with Crippen molar-refractivity contribution < 1.29 is 4.79 Å². The monoisotopic (exact) mass is 421 g/mol. The molecule has 3 rings (SSSR count). The highest BCUT2D eigenvalue weighted by molar-refractivity contribution is 9.10. The minimum Gasteiger partial charge on any atom is -0.369 e. The minimum atomic E-state index is -0.0304. The van der Waals surface area contributed by atoms with Gasteiger partial charge in [-0.1, -0.05) is 15.9 Å². The Bertz CT molecular complexity index is 706. The number of amides is 1. The van der Waals surface area contributed by atoms with Crippen LogP contribution in [0.5, 0.6) is 0 Å². The summed E-state index contributed by atoms with van der Waals surface area (Å²) in [6.45, 7) is 2.54. The summed E-state index contributed by atoms with van der Waals surface area (Å²) >= 11 is 5.34. The van der Waals surface area contributed by atoms with E-state index < -0.39 is 0 Å². The molecule has 0 saturated carbocycles. The van der Waals surface area contributed by atoms with Crippen molar-refractivity contribution in [2.75, 3.05) is 46.7 Å². The minimum absolute atomic E-state index is 0.0304. The van der Waals surface area contributed by atoms with Gasteiger partial charge in [0.25, 0.3) is 0 Å². The van der Waals surface area contributed by atoms with Gasteiger partial charge in [-0.05, 0) is 24.3 Å². The fraction of sp³-hybridized carbons (Fsp3) is 0.353. The summed E-state index contributed by atoms with van der Waals surface area (Å²) in [5, 5.41) is 6.07. The van der Waals surface area contributed by atoms with Gasteiger partial charge in [-0.25, -0.2) is 9.97 Å². The van der Waals surface area contributed by atoms with Crippen LogP contribution in [0.25, 0.3) is 0 Å². The summed E-state index contributed by atoms with van der Waals surface area (Å²) in [6.07, 6.45) is 1.94. The highest BCUT2D eigenvalue weighted by Gasteiger charge is 2.13. The van der Waals surface area contributed by atoms with Gasteiger partial charge in [0.05, 0.1) is 0 Å². The Labute approximate surface area is 159 Å². The third-order valence-corrected chi connectivity index (χ3v) is 5.25. The van der Waals surface area contributed by atoms with Gasteiger partial charge < -0.3 is 15.5 Å². The summed E-state index contributed by atoms with van der Waals surface area (Å²) in [5.74, 6) is 3.92. The van der Waals surface area contributed by atoms with Gasteiger partial charge in [-0.2, -0.15) is 11.8 Å². The van der Waals surface area contributed by atoms with Crippen LogP contribution in [0.4, 0.5) is 17.3 Å². The number of aromatic nitrogens is 2. The number of carbonyl (C=O) groups excluding carboxylic acids is 1. The van der Waals surface area contributed by atoms with E-state index in [1.54, 1.807) is 6.33 Å². The third-order valence-electron chi connectivity index (χ3n) is 3.77. The number of hydrogen-bond donors (Lipinski definition) is 2. The van der Waals surface area contributed by atoms with Crippen molar-refractivity contribution >= 4 is 50.9 Å². The fourth-order valence-corrected chi connectivity index (χ4v) is 3.64. The maximum absolute atomic E-state index is 12.0. The summed E-state index contributed by atoms with van der Waals surface area (Å²) < 4.78 is 0.985. The Balaban J connectivity index is 1.46. The molecule has 2 heterocycles. The molecule has 8 heteroatoms. The van der Waals surface area contributed by atoms with Crippen molar-refractivity contribution in [3.63, 3.8) is 0 Å². The van der Waals surface area contributed by atoms with Crippen LogP contribution in [0.1, 0.15) is 6.42 Å². The molecule has 0 atom stereocenters. The zero-order chi connectivity index (χ0) is 17.5. The predicted octanol–water partition coefficient (Wildman–Crippen LogP) is 3.23. The van der Waals surface area contributed by atoms with Crippen LogP contribution in [0.3, 0.4) is 0 Å². The lowest BCUT2D eigenvalue weighted by molar-refractivity contribution is -0.115. The van der Waals surface area contributed by atoms with Crippen LogP contribution >= 0.6 is 27.7 Å². The largest absolute Gasteiger partial charge is 0.369 e. The molecule has 1 aliphatic heterocycles. The number of thioether (sulfide) groups is 1. The predicted molar refractivity (Wildman–Crippen MR) is 107 cm³/mol. The first-order valence-electron chi connectivity index (χ1n) is 8.15. The maximum Gasteiger partial charge on any atom is 0.226 e. The van der Waals surface area contributed by atoms with Crippen molar-refractivity contribution in [1.29, 1.82) is 0 Å². The number of benzene rings is 1. The average molecular weight is 422 g/mol. The molecule has 132 valence electrons. The standard InChI is InChI=1S/C17H20BrN5OS/c18-13-1-3-14(4-2-13)22-17(24)5-6-19-15-11-16(21-12-20-15)23-7-9-25-10-8-23/h1-4,11-12H,5-10H2,(H,22,24)(H,19,20,21). The SMILES string of the molecule is O=C(CCNc1cc(N2CCSCC2)ncn1)Nc1ccc(Br)cc1. The first-order chi connectivity index (χ1) is 12.2. The van der Waals surface area contributed by atoms with E-state index in [4.69, 9.17) is 0 Å². The molecule has 1 amide bonds. The average Bonchev–Trinajstić information content (AvgIpc) is 2.65. The molecule has 1 fully saturated rings. The van der Waals surface area contributed by atoms with Crippen molar-refractivity contribution in [3.8, 4) is 0 Å². The fourth-order valence-electron chi connectivity index (χ4n) is 2.47. The van der Waals surface area contributed by atoms with Crippen molar-refractivity contribution in [2.24, 2.45) is 0 Å². The number of halogens is 1. The lowest BCUT2D eigenvalue weighted by Crippen LogP contribution is -2.33. The number of rotatable bonds is 6. The third kappa shape index (κ3) is 5.61. The summed E-state index contributed by atoms with van der Waals surface area (Å²) in [4.78, 5) is 22.8. The van der Waals surface area contributed by atoms with Crippen LogP contribution in [0.2, 0.25) is 0 Å². The molecule has 2 N–H and O–H groups in total. The maximum atomic E-state index is 12.0. The normalized spacial score (nSPS) is 14.2. The van der Waals surface area contributed by atoms with Gasteiger partial charge in [0.2, 0.25) is 5.91 Å². The summed E-state index contributed by atoms with van der Waals surface area (Å²) in [5.41, 5.74) is 0.792. The van der Waals surface area contributed by atoms with Gasteiger partial charge in [-0.15, -0.1) is 0 Å². The van der Waals surface area contributed by atoms with E-state index >= 15 is 0 Å². The van der Waals surface area contributed by atoms with Gasteiger partial charge >= 0.3 is 0 Å². The van der Waals surface area contributed by atoms with Crippen molar-refractivity contribution in [3.05, 3.63) is 41.1 Å². The van der Waals surface area contributed by atoms with E-state index in [0.29, 0.717) is 13.0 Å². The number of nitrogens with one attached hydrogen (secondary N) is 2. The first kappa shape index (κ1) is 18.0. The molecule has 0 unspecified atom stereocenters. The lowest BCUT2D eigenvalue weighted by Gasteiger charge is -2.27. The molecule has 1 aliphatic rings. The number of carbonyl (C=O) groups is 1. The second-order valence-corrected chi connectivity index (χ2v) is 7.73. The molecule has 0 bridgehead atoms. The Morgan fingerprint density at radius 2 is 1.96 bits per heavy atom. The molecule has 0 spiro atoms. The van der Waals surface area contributed by atoms with Crippen LogP contribution < -0.4 is 15.5 Å². The zero-order valence-corrected chi connectivity index (χ0v) is 16.1. The van der Waals surface area contributed by atoms with E-state index in [1.807, 2.05) is 42.1 Å². The van der Waals surface area contributed by atoms with E-state index in [-0.39, 0.29) is 5.91 Å². The zero-order valence-electron chi connectivity index (χ0n) is 13.7. The van der Waals surface area contributed by atoms with Crippen molar-refractivity contribution in [1.82, 2.24) is 9.97 Å². The van der Waals surface area contributed by atoms with E-state index in [1.165, 1.54) is 0 Å². The molecular formula is C17H20BrN5OS. The highest BCUT2D eigenvalue weighted by atomic mass is 79.9. The molecule has 1 aromatic heterocycles. The van der Waals surface area contributed by atoms with Gasteiger partial charge in [0, 0.05) is 53.8 Å². The molecule has 2 aromatic rings. The molecular weight excluding hydrogens is 402 g/mol. The number of nitrogens with zero attached hydrogens (tertiary/aromatic N) is 3. The van der Waals surface area contributed by atoms with Crippen LogP contribution in [-0.2, 0) is 4.79 Å². The number of anilines is 3. The van der Waals surface area contributed by atoms with Gasteiger partial charge in [0.15, 0.2) is 0 Å². The molecule has 0 radical (unpaired) electrons. The highest BCUT2D eigenvalue weighted by Crippen LogP contribution is 2.19. The quantitative estimate of drug-likeness (QED) is 0.745. The topological polar surface area (TPSA) is 70.2 Å². The molecule has 1 aromatic carbocycles. The Morgan fingerprint density at radius 3 is 2.72 bits per heavy atom. The Hall–Kier alpha value is -1.80. The Morgan fingerprint density at radius 1 is 1.20 bits per heavy atom.